The lowest BCUT2D eigenvalue weighted by Gasteiger charge is -2.19. The van der Waals surface area contributed by atoms with Crippen LogP contribution in [0.3, 0.4) is 0 Å². The van der Waals surface area contributed by atoms with Gasteiger partial charge in [0.2, 0.25) is 0 Å². The first-order chi connectivity index (χ1) is 10.2. The first kappa shape index (κ1) is 15.7. The van der Waals surface area contributed by atoms with Gasteiger partial charge in [-0.05, 0) is 32.9 Å². The summed E-state index contributed by atoms with van der Waals surface area (Å²) in [5.74, 6) is -1.57. The van der Waals surface area contributed by atoms with E-state index in [-0.39, 0.29) is 5.69 Å². The summed E-state index contributed by atoms with van der Waals surface area (Å²) in [6, 6.07) is 3.12. The highest BCUT2D eigenvalue weighted by atomic mass is 16.6. The zero-order valence-electron chi connectivity index (χ0n) is 12.8. The predicted octanol–water partition coefficient (Wildman–Crippen LogP) is 2.14. The zero-order valence-corrected chi connectivity index (χ0v) is 12.8. The standard InChI is InChI=1S/C15H17N3O4/c1-15(2,3)22-14(21)9-5-6-11(16-7-9)10-8-17-18(4)12(10)13(19)20/h5-8H,1-4H3,(H,19,20). The summed E-state index contributed by atoms with van der Waals surface area (Å²) < 4.78 is 6.51. The topological polar surface area (TPSA) is 94.3 Å². The number of rotatable bonds is 3. The van der Waals surface area contributed by atoms with Crippen LogP contribution in [0.5, 0.6) is 0 Å². The number of esters is 1. The van der Waals surface area contributed by atoms with Gasteiger partial charge in [-0.3, -0.25) is 9.67 Å². The fraction of sp³-hybridized carbons (Fsp3) is 0.333. The van der Waals surface area contributed by atoms with E-state index in [4.69, 9.17) is 4.74 Å². The third-order valence-electron chi connectivity index (χ3n) is 2.82. The van der Waals surface area contributed by atoms with Crippen molar-refractivity contribution in [1.29, 1.82) is 0 Å². The predicted molar refractivity (Wildman–Crippen MR) is 78.6 cm³/mol. The molecular formula is C15H17N3O4. The van der Waals surface area contributed by atoms with Gasteiger partial charge in [-0.25, -0.2) is 9.59 Å². The summed E-state index contributed by atoms with van der Waals surface area (Å²) >= 11 is 0. The van der Waals surface area contributed by atoms with Crippen LogP contribution < -0.4 is 0 Å². The van der Waals surface area contributed by atoms with Crippen molar-refractivity contribution >= 4 is 11.9 Å². The molecule has 0 aromatic carbocycles. The van der Waals surface area contributed by atoms with Crippen LogP contribution in [-0.2, 0) is 11.8 Å². The van der Waals surface area contributed by atoms with Gasteiger partial charge in [0, 0.05) is 13.2 Å². The molecule has 0 bridgehead atoms. The average Bonchev–Trinajstić information content (AvgIpc) is 2.79. The lowest BCUT2D eigenvalue weighted by atomic mass is 10.1. The van der Waals surface area contributed by atoms with Crippen molar-refractivity contribution in [2.75, 3.05) is 0 Å². The molecule has 0 radical (unpaired) electrons. The minimum Gasteiger partial charge on any atom is -0.477 e. The second-order valence-electron chi connectivity index (χ2n) is 5.77. The Morgan fingerprint density at radius 3 is 2.41 bits per heavy atom. The van der Waals surface area contributed by atoms with E-state index in [2.05, 4.69) is 10.1 Å². The highest BCUT2D eigenvalue weighted by Gasteiger charge is 2.20. The van der Waals surface area contributed by atoms with E-state index < -0.39 is 17.5 Å². The van der Waals surface area contributed by atoms with Crippen molar-refractivity contribution in [2.45, 2.75) is 26.4 Å². The second-order valence-corrected chi connectivity index (χ2v) is 5.77. The van der Waals surface area contributed by atoms with Gasteiger partial charge in [0.1, 0.15) is 5.60 Å². The Kier molecular flexibility index (Phi) is 3.99. The number of aryl methyl sites for hydroxylation is 1. The van der Waals surface area contributed by atoms with Crippen LogP contribution in [0.15, 0.2) is 24.5 Å². The molecule has 22 heavy (non-hydrogen) atoms. The van der Waals surface area contributed by atoms with Gasteiger partial charge in [0.05, 0.1) is 23.0 Å². The first-order valence-corrected chi connectivity index (χ1v) is 6.64. The van der Waals surface area contributed by atoms with E-state index in [1.807, 2.05) is 0 Å². The summed E-state index contributed by atoms with van der Waals surface area (Å²) in [5, 5.41) is 13.1. The summed E-state index contributed by atoms with van der Waals surface area (Å²) in [5.41, 5.74) is 0.579. The monoisotopic (exact) mass is 303 g/mol. The largest absolute Gasteiger partial charge is 0.477 e. The molecule has 0 fully saturated rings. The van der Waals surface area contributed by atoms with Crippen molar-refractivity contribution < 1.29 is 19.4 Å². The molecule has 0 atom stereocenters. The third kappa shape index (κ3) is 3.30. The Morgan fingerprint density at radius 2 is 1.91 bits per heavy atom. The van der Waals surface area contributed by atoms with E-state index in [1.54, 1.807) is 40.0 Å². The molecule has 0 amide bonds. The maximum Gasteiger partial charge on any atom is 0.354 e. The van der Waals surface area contributed by atoms with Gasteiger partial charge in [-0.15, -0.1) is 0 Å². The molecule has 0 saturated heterocycles. The molecule has 0 spiro atoms. The third-order valence-corrected chi connectivity index (χ3v) is 2.82. The fourth-order valence-corrected chi connectivity index (χ4v) is 1.89. The van der Waals surface area contributed by atoms with Crippen molar-refractivity contribution in [2.24, 2.45) is 7.05 Å². The maximum atomic E-state index is 11.9. The number of carboxylic acids is 1. The van der Waals surface area contributed by atoms with Crippen molar-refractivity contribution in [3.8, 4) is 11.3 Å². The fourth-order valence-electron chi connectivity index (χ4n) is 1.89. The van der Waals surface area contributed by atoms with E-state index in [0.29, 0.717) is 16.8 Å². The number of carbonyl (C=O) groups excluding carboxylic acids is 1. The van der Waals surface area contributed by atoms with Crippen molar-refractivity contribution in [3.63, 3.8) is 0 Å². The molecule has 7 heteroatoms. The van der Waals surface area contributed by atoms with Crippen LogP contribution in [0.1, 0.15) is 41.6 Å². The van der Waals surface area contributed by atoms with Gasteiger partial charge in [0.15, 0.2) is 5.69 Å². The molecule has 2 heterocycles. The SMILES string of the molecule is Cn1ncc(-c2ccc(C(=O)OC(C)(C)C)cn2)c1C(=O)O. The van der Waals surface area contributed by atoms with E-state index >= 15 is 0 Å². The number of hydrogen-bond acceptors (Lipinski definition) is 5. The van der Waals surface area contributed by atoms with Gasteiger partial charge in [-0.2, -0.15) is 5.10 Å². The van der Waals surface area contributed by atoms with Gasteiger partial charge in [-0.1, -0.05) is 0 Å². The second kappa shape index (κ2) is 5.59. The summed E-state index contributed by atoms with van der Waals surface area (Å²) in [6.07, 6.45) is 2.79. The Labute approximate surface area is 127 Å². The molecule has 2 aromatic rings. The van der Waals surface area contributed by atoms with Crippen LogP contribution in [0.4, 0.5) is 0 Å². The number of nitrogens with zero attached hydrogens (tertiary/aromatic N) is 3. The van der Waals surface area contributed by atoms with Gasteiger partial charge in [0.25, 0.3) is 0 Å². The van der Waals surface area contributed by atoms with Gasteiger partial charge >= 0.3 is 11.9 Å². The Bertz CT molecular complexity index is 711. The highest BCUT2D eigenvalue weighted by Crippen LogP contribution is 2.22. The summed E-state index contributed by atoms with van der Waals surface area (Å²) in [7, 11) is 1.54. The zero-order chi connectivity index (χ0) is 16.5. The minimum absolute atomic E-state index is 0.0394. The van der Waals surface area contributed by atoms with Gasteiger partial charge < -0.3 is 9.84 Å². The molecule has 0 unspecified atom stereocenters. The molecule has 1 N–H and O–H groups in total. The molecule has 0 aliphatic heterocycles. The molecule has 0 aliphatic rings. The molecule has 7 nitrogen and oxygen atoms in total. The van der Waals surface area contributed by atoms with E-state index in [9.17, 15) is 14.7 Å². The van der Waals surface area contributed by atoms with E-state index in [1.165, 1.54) is 17.1 Å². The van der Waals surface area contributed by atoms with Crippen LogP contribution in [0.2, 0.25) is 0 Å². The lowest BCUT2D eigenvalue weighted by Crippen LogP contribution is -2.23. The smallest absolute Gasteiger partial charge is 0.354 e. The number of hydrogen-bond donors (Lipinski definition) is 1. The molecular weight excluding hydrogens is 286 g/mol. The van der Waals surface area contributed by atoms with Crippen molar-refractivity contribution in [1.82, 2.24) is 14.8 Å². The highest BCUT2D eigenvalue weighted by molar-refractivity contribution is 5.94. The summed E-state index contributed by atoms with van der Waals surface area (Å²) in [4.78, 5) is 27.3. The van der Waals surface area contributed by atoms with E-state index in [0.717, 1.165) is 0 Å². The minimum atomic E-state index is -1.09. The lowest BCUT2D eigenvalue weighted by molar-refractivity contribution is 0.00689. The van der Waals surface area contributed by atoms with Crippen molar-refractivity contribution in [3.05, 3.63) is 35.8 Å². The molecule has 116 valence electrons. The first-order valence-electron chi connectivity index (χ1n) is 6.64. The van der Waals surface area contributed by atoms with Crippen LogP contribution in [0, 0.1) is 0 Å². The Hall–Kier alpha value is -2.70. The van der Waals surface area contributed by atoms with Crippen LogP contribution >= 0.6 is 0 Å². The number of carboxylic acid groups (broad SMARTS) is 1. The number of aromatic nitrogens is 3. The molecule has 0 saturated carbocycles. The number of pyridine rings is 1. The number of carbonyl (C=O) groups is 2. The quantitative estimate of drug-likeness (QED) is 0.873. The normalized spacial score (nSPS) is 11.3. The number of aromatic carboxylic acids is 1. The molecule has 2 aromatic heterocycles. The summed E-state index contributed by atoms with van der Waals surface area (Å²) in [6.45, 7) is 5.34. The molecule has 2 rings (SSSR count). The Morgan fingerprint density at radius 1 is 1.23 bits per heavy atom. The Balaban J connectivity index is 2.30. The van der Waals surface area contributed by atoms with Crippen LogP contribution in [-0.4, -0.2) is 37.4 Å². The average molecular weight is 303 g/mol. The molecule has 0 aliphatic carbocycles. The maximum absolute atomic E-state index is 11.9. The number of ether oxygens (including phenoxy) is 1. The van der Waals surface area contributed by atoms with Crippen LogP contribution in [0.25, 0.3) is 11.3 Å².